The summed E-state index contributed by atoms with van der Waals surface area (Å²) in [7, 11) is 0. The molecule has 0 saturated heterocycles. The van der Waals surface area contributed by atoms with Gasteiger partial charge < -0.3 is 0 Å². The van der Waals surface area contributed by atoms with Gasteiger partial charge in [-0.15, -0.1) is 12.1 Å². The molecule has 66 valence electrons. The van der Waals surface area contributed by atoms with Crippen molar-refractivity contribution in [1.29, 1.82) is 0 Å². The minimum Gasteiger partial charge on any atom is -0.236 e. The Morgan fingerprint density at radius 1 is 0.786 bits per heavy atom. The molecular formula is C12H9FMg. The fourth-order valence-corrected chi connectivity index (χ4v) is 0.708. The third-order valence-electron chi connectivity index (χ3n) is 1.28. The van der Waals surface area contributed by atoms with Crippen LogP contribution in [0.25, 0.3) is 0 Å². The molecule has 0 unspecified atom stereocenters. The quantitative estimate of drug-likeness (QED) is 0.449. The maximum absolute atomic E-state index is 11.9. The van der Waals surface area contributed by atoms with E-state index in [1.165, 1.54) is 24.3 Å². The number of rotatable bonds is 0. The van der Waals surface area contributed by atoms with E-state index in [9.17, 15) is 4.39 Å². The summed E-state index contributed by atoms with van der Waals surface area (Å²) in [6, 6.07) is 21.0. The summed E-state index contributed by atoms with van der Waals surface area (Å²) in [5.74, 6) is -0.209. The Bertz CT molecular complexity index is 281. The van der Waals surface area contributed by atoms with Gasteiger partial charge in [-0.05, 0) is 0 Å². The molecule has 0 heterocycles. The van der Waals surface area contributed by atoms with Gasteiger partial charge in [-0.2, -0.15) is 54.6 Å². The fraction of sp³-hybridized carbons (Fsp3) is 0. The van der Waals surface area contributed by atoms with Crippen LogP contribution in [0.5, 0.6) is 0 Å². The van der Waals surface area contributed by atoms with Gasteiger partial charge in [0.25, 0.3) is 0 Å². The predicted molar refractivity (Wildman–Crippen MR) is 56.3 cm³/mol. The second-order valence-electron chi connectivity index (χ2n) is 2.30. The summed E-state index contributed by atoms with van der Waals surface area (Å²) in [4.78, 5) is 0. The van der Waals surface area contributed by atoms with Crippen molar-refractivity contribution in [2.45, 2.75) is 0 Å². The predicted octanol–water partition coefficient (Wildman–Crippen LogP) is 2.73. The molecule has 0 bridgehead atoms. The molecule has 0 aliphatic rings. The summed E-state index contributed by atoms with van der Waals surface area (Å²) in [6.07, 6.45) is 0. The molecule has 0 radical (unpaired) electrons. The van der Waals surface area contributed by atoms with Crippen molar-refractivity contribution in [3.8, 4) is 0 Å². The summed E-state index contributed by atoms with van der Waals surface area (Å²) in [5, 5.41) is 0. The molecule has 2 heteroatoms. The molecule has 0 fully saturated rings. The molecule has 14 heavy (non-hydrogen) atoms. The number of benzene rings is 2. The first-order valence-electron chi connectivity index (χ1n) is 3.92. The van der Waals surface area contributed by atoms with E-state index in [2.05, 4.69) is 12.1 Å². The first-order valence-corrected chi connectivity index (χ1v) is 3.92. The second-order valence-corrected chi connectivity index (χ2v) is 2.30. The Labute approximate surface area is 99.9 Å². The van der Waals surface area contributed by atoms with Gasteiger partial charge in [0.15, 0.2) is 0 Å². The topological polar surface area (TPSA) is 0 Å². The van der Waals surface area contributed by atoms with Gasteiger partial charge in [-0.3, -0.25) is 0 Å². The molecule has 0 atom stereocenters. The third kappa shape index (κ3) is 6.63. The zero-order chi connectivity index (χ0) is 9.36. The molecule has 2 rings (SSSR count). The molecule has 2 aromatic carbocycles. The normalized spacial score (nSPS) is 7.79. The van der Waals surface area contributed by atoms with Crippen LogP contribution < -0.4 is 0 Å². The van der Waals surface area contributed by atoms with Crippen LogP contribution in [0.1, 0.15) is 0 Å². The molecule has 2 aromatic rings. The molecule has 0 nitrogen and oxygen atoms in total. The molecule has 0 aromatic heterocycles. The van der Waals surface area contributed by atoms with Crippen LogP contribution in [0.4, 0.5) is 4.39 Å². The summed E-state index contributed by atoms with van der Waals surface area (Å²) in [5.41, 5.74) is 0. The Kier molecular flexibility index (Phi) is 8.18. The van der Waals surface area contributed by atoms with Gasteiger partial charge in [-0.1, -0.05) is 0 Å². The van der Waals surface area contributed by atoms with Crippen molar-refractivity contribution in [2.24, 2.45) is 0 Å². The smallest absolute Gasteiger partial charge is 0.236 e. The fourth-order valence-electron chi connectivity index (χ4n) is 0.708. The molecule has 0 N–H and O–H groups in total. The minimum atomic E-state index is -0.209. The number of halogens is 1. The molecular weight excluding hydrogens is 187 g/mol. The molecule has 0 spiro atoms. The zero-order valence-corrected chi connectivity index (χ0v) is 9.20. The van der Waals surface area contributed by atoms with Crippen LogP contribution in [0.2, 0.25) is 0 Å². The molecule has 0 amide bonds. The van der Waals surface area contributed by atoms with Gasteiger partial charge in [0.05, 0.1) is 0 Å². The van der Waals surface area contributed by atoms with Crippen LogP contribution in [-0.2, 0) is 0 Å². The van der Waals surface area contributed by atoms with Crippen LogP contribution in [-0.4, -0.2) is 23.1 Å². The Balaban J connectivity index is 0.000000227. The van der Waals surface area contributed by atoms with E-state index in [0.29, 0.717) is 0 Å². The Morgan fingerprint density at radius 3 is 1.50 bits per heavy atom. The number of hydrogen-bond donors (Lipinski definition) is 0. The largest absolute Gasteiger partial charge is 2.00 e. The van der Waals surface area contributed by atoms with E-state index in [1.807, 2.05) is 30.3 Å². The van der Waals surface area contributed by atoms with Crippen molar-refractivity contribution < 1.29 is 4.39 Å². The number of hydrogen-bond acceptors (Lipinski definition) is 0. The van der Waals surface area contributed by atoms with E-state index in [-0.39, 0.29) is 28.9 Å². The maximum atomic E-state index is 11.9. The standard InChI is InChI=1S/C6H4F.C6H5.Mg/c7-6-4-2-1-3-5-6;1-2-4-6-5-3-1;/h2-5H;1-5H;/q2*-1;+2. The monoisotopic (exact) mass is 196 g/mol. The van der Waals surface area contributed by atoms with E-state index in [1.54, 1.807) is 0 Å². The van der Waals surface area contributed by atoms with Crippen molar-refractivity contribution in [2.75, 3.05) is 0 Å². The van der Waals surface area contributed by atoms with Crippen molar-refractivity contribution in [3.63, 3.8) is 0 Å². The molecule has 0 saturated carbocycles. The maximum Gasteiger partial charge on any atom is 2.00 e. The third-order valence-corrected chi connectivity index (χ3v) is 1.28. The first-order chi connectivity index (χ1) is 6.39. The summed E-state index contributed by atoms with van der Waals surface area (Å²) in [6.45, 7) is 0. The van der Waals surface area contributed by atoms with E-state index in [0.717, 1.165) is 0 Å². The average molecular weight is 197 g/mol. The first kappa shape index (κ1) is 13.1. The van der Waals surface area contributed by atoms with Crippen molar-refractivity contribution in [3.05, 3.63) is 72.5 Å². The van der Waals surface area contributed by atoms with Gasteiger partial charge >= 0.3 is 23.1 Å². The van der Waals surface area contributed by atoms with Crippen LogP contribution in [0.15, 0.2) is 54.6 Å². The Hall–Kier alpha value is -0.864. The van der Waals surface area contributed by atoms with Gasteiger partial charge in [-0.25, -0.2) is 4.39 Å². The van der Waals surface area contributed by atoms with Crippen LogP contribution in [0.3, 0.4) is 0 Å². The van der Waals surface area contributed by atoms with E-state index < -0.39 is 0 Å². The van der Waals surface area contributed by atoms with Crippen LogP contribution in [0, 0.1) is 17.9 Å². The van der Waals surface area contributed by atoms with Crippen molar-refractivity contribution >= 4 is 23.1 Å². The summed E-state index contributed by atoms with van der Waals surface area (Å²) >= 11 is 0. The van der Waals surface area contributed by atoms with Gasteiger partial charge in [0.2, 0.25) is 0 Å². The SMILES string of the molecule is Fc1cc[c-]cc1.[Mg+2].[c-]1ccccc1. The molecule has 0 aliphatic carbocycles. The van der Waals surface area contributed by atoms with Gasteiger partial charge in [0.1, 0.15) is 0 Å². The summed E-state index contributed by atoms with van der Waals surface area (Å²) < 4.78 is 11.9. The Morgan fingerprint density at radius 2 is 1.29 bits per heavy atom. The minimum absolute atomic E-state index is 0. The van der Waals surface area contributed by atoms with E-state index in [4.69, 9.17) is 0 Å². The van der Waals surface area contributed by atoms with Gasteiger partial charge in [0, 0.05) is 5.82 Å². The molecule has 0 aliphatic heterocycles. The zero-order valence-electron chi connectivity index (χ0n) is 7.78. The average Bonchev–Trinajstić information content (AvgIpc) is 2.22. The van der Waals surface area contributed by atoms with Crippen molar-refractivity contribution in [1.82, 2.24) is 0 Å². The second kappa shape index (κ2) is 8.72. The van der Waals surface area contributed by atoms with Crippen LogP contribution >= 0.6 is 0 Å². The van der Waals surface area contributed by atoms with E-state index >= 15 is 0 Å².